The van der Waals surface area contributed by atoms with Crippen LogP contribution in [-0.4, -0.2) is 35.9 Å². The standard InChI is InChI=1S/C21H22FN3O3/c1-14-20(15(2)25(24-14)17-9-7-16(22)8-10-17)21(26)23-11-12-28-19-6-4-5-18(13-19)27-3/h4-10,13H,11-12H2,1-3H3,(H,23,26). The summed E-state index contributed by atoms with van der Waals surface area (Å²) in [6, 6.07) is 13.2. The van der Waals surface area contributed by atoms with E-state index in [2.05, 4.69) is 10.4 Å². The zero-order chi connectivity index (χ0) is 20.1. The van der Waals surface area contributed by atoms with Crippen molar-refractivity contribution in [3.05, 3.63) is 71.3 Å². The van der Waals surface area contributed by atoms with Crippen LogP contribution in [0.1, 0.15) is 21.7 Å². The second kappa shape index (κ2) is 8.56. The van der Waals surface area contributed by atoms with Crippen LogP contribution in [0.2, 0.25) is 0 Å². The van der Waals surface area contributed by atoms with Crippen molar-refractivity contribution in [2.75, 3.05) is 20.3 Å². The molecule has 0 unspecified atom stereocenters. The molecule has 7 heteroatoms. The van der Waals surface area contributed by atoms with Crippen LogP contribution in [0.15, 0.2) is 48.5 Å². The Hall–Kier alpha value is -3.35. The van der Waals surface area contributed by atoms with Crippen LogP contribution in [0.5, 0.6) is 11.5 Å². The molecule has 146 valence electrons. The molecule has 1 N–H and O–H groups in total. The molecular formula is C21H22FN3O3. The molecule has 0 fully saturated rings. The number of halogens is 1. The highest BCUT2D eigenvalue weighted by molar-refractivity contribution is 5.96. The Morgan fingerprint density at radius 1 is 1.14 bits per heavy atom. The molecule has 0 radical (unpaired) electrons. The lowest BCUT2D eigenvalue weighted by molar-refractivity contribution is 0.0945. The first-order valence-electron chi connectivity index (χ1n) is 8.87. The summed E-state index contributed by atoms with van der Waals surface area (Å²) in [7, 11) is 1.59. The zero-order valence-electron chi connectivity index (χ0n) is 16.0. The summed E-state index contributed by atoms with van der Waals surface area (Å²) in [6.07, 6.45) is 0. The number of rotatable bonds is 7. The van der Waals surface area contributed by atoms with Crippen molar-refractivity contribution in [3.63, 3.8) is 0 Å². The summed E-state index contributed by atoms with van der Waals surface area (Å²) >= 11 is 0. The molecule has 3 aromatic rings. The molecular weight excluding hydrogens is 361 g/mol. The molecule has 3 rings (SSSR count). The number of amides is 1. The second-order valence-corrected chi connectivity index (χ2v) is 6.22. The van der Waals surface area contributed by atoms with Gasteiger partial charge in [0, 0.05) is 6.07 Å². The third-order valence-electron chi connectivity index (χ3n) is 4.29. The minimum absolute atomic E-state index is 0.224. The lowest BCUT2D eigenvalue weighted by Gasteiger charge is -2.09. The van der Waals surface area contributed by atoms with E-state index in [9.17, 15) is 9.18 Å². The molecule has 6 nitrogen and oxygen atoms in total. The molecule has 28 heavy (non-hydrogen) atoms. The molecule has 0 aliphatic rings. The van der Waals surface area contributed by atoms with E-state index >= 15 is 0 Å². The Morgan fingerprint density at radius 3 is 2.57 bits per heavy atom. The van der Waals surface area contributed by atoms with Gasteiger partial charge in [-0.1, -0.05) is 6.07 Å². The fourth-order valence-corrected chi connectivity index (χ4v) is 2.92. The number of hydrogen-bond acceptors (Lipinski definition) is 4. The van der Waals surface area contributed by atoms with E-state index in [1.807, 2.05) is 25.1 Å². The number of methoxy groups -OCH3 is 1. The van der Waals surface area contributed by atoms with Crippen molar-refractivity contribution in [1.29, 1.82) is 0 Å². The Morgan fingerprint density at radius 2 is 1.86 bits per heavy atom. The van der Waals surface area contributed by atoms with Crippen molar-refractivity contribution < 1.29 is 18.7 Å². The largest absolute Gasteiger partial charge is 0.497 e. The van der Waals surface area contributed by atoms with Crippen LogP contribution in [0.4, 0.5) is 4.39 Å². The van der Waals surface area contributed by atoms with Crippen molar-refractivity contribution >= 4 is 5.91 Å². The number of carbonyl (C=O) groups is 1. The summed E-state index contributed by atoms with van der Waals surface area (Å²) in [5, 5.41) is 7.26. The van der Waals surface area contributed by atoms with E-state index in [-0.39, 0.29) is 11.7 Å². The van der Waals surface area contributed by atoms with Gasteiger partial charge in [0.15, 0.2) is 0 Å². The fraction of sp³-hybridized carbons (Fsp3) is 0.238. The van der Waals surface area contributed by atoms with Crippen LogP contribution in [-0.2, 0) is 0 Å². The van der Waals surface area contributed by atoms with Crippen molar-refractivity contribution in [3.8, 4) is 17.2 Å². The molecule has 0 saturated heterocycles. The summed E-state index contributed by atoms with van der Waals surface area (Å²) in [5.41, 5.74) is 2.50. The van der Waals surface area contributed by atoms with Crippen LogP contribution in [0.3, 0.4) is 0 Å². The first-order chi connectivity index (χ1) is 13.5. The van der Waals surface area contributed by atoms with Gasteiger partial charge in [-0.2, -0.15) is 5.10 Å². The lowest BCUT2D eigenvalue weighted by atomic mass is 10.2. The number of benzene rings is 2. The summed E-state index contributed by atoms with van der Waals surface area (Å²) in [4.78, 5) is 12.6. The van der Waals surface area contributed by atoms with Crippen molar-refractivity contribution in [1.82, 2.24) is 15.1 Å². The molecule has 0 saturated carbocycles. The van der Waals surface area contributed by atoms with Gasteiger partial charge in [0.25, 0.3) is 5.91 Å². The average Bonchev–Trinajstić information content (AvgIpc) is 3.00. The molecule has 0 atom stereocenters. The molecule has 2 aromatic carbocycles. The molecule has 0 bridgehead atoms. The quantitative estimate of drug-likeness (QED) is 0.635. The van der Waals surface area contributed by atoms with Gasteiger partial charge in [0.05, 0.1) is 36.3 Å². The van der Waals surface area contributed by atoms with Crippen LogP contribution >= 0.6 is 0 Å². The summed E-state index contributed by atoms with van der Waals surface area (Å²) in [6.45, 7) is 4.25. The Labute approximate surface area is 162 Å². The third-order valence-corrected chi connectivity index (χ3v) is 4.29. The van der Waals surface area contributed by atoms with E-state index in [4.69, 9.17) is 9.47 Å². The van der Waals surface area contributed by atoms with Crippen LogP contribution in [0.25, 0.3) is 5.69 Å². The van der Waals surface area contributed by atoms with Gasteiger partial charge in [-0.05, 0) is 50.2 Å². The van der Waals surface area contributed by atoms with E-state index in [0.29, 0.717) is 47.3 Å². The van der Waals surface area contributed by atoms with Gasteiger partial charge in [0.2, 0.25) is 0 Å². The van der Waals surface area contributed by atoms with E-state index < -0.39 is 0 Å². The van der Waals surface area contributed by atoms with E-state index in [1.165, 1.54) is 12.1 Å². The lowest BCUT2D eigenvalue weighted by Crippen LogP contribution is -2.29. The highest BCUT2D eigenvalue weighted by Crippen LogP contribution is 2.19. The molecule has 0 spiro atoms. The number of nitrogens with one attached hydrogen (secondary N) is 1. The van der Waals surface area contributed by atoms with Crippen molar-refractivity contribution in [2.24, 2.45) is 0 Å². The molecule has 0 aliphatic heterocycles. The zero-order valence-corrected chi connectivity index (χ0v) is 16.0. The average molecular weight is 383 g/mol. The normalized spacial score (nSPS) is 10.6. The smallest absolute Gasteiger partial charge is 0.255 e. The van der Waals surface area contributed by atoms with Gasteiger partial charge in [0.1, 0.15) is 23.9 Å². The molecule has 1 heterocycles. The number of aromatic nitrogens is 2. The Bertz CT molecular complexity index is 968. The predicted molar refractivity (Wildman–Crippen MR) is 104 cm³/mol. The third kappa shape index (κ3) is 4.31. The van der Waals surface area contributed by atoms with Gasteiger partial charge in [-0.15, -0.1) is 0 Å². The first kappa shape index (κ1) is 19.4. The first-order valence-corrected chi connectivity index (χ1v) is 8.87. The van der Waals surface area contributed by atoms with Gasteiger partial charge >= 0.3 is 0 Å². The second-order valence-electron chi connectivity index (χ2n) is 6.22. The molecule has 1 amide bonds. The fourth-order valence-electron chi connectivity index (χ4n) is 2.92. The van der Waals surface area contributed by atoms with Crippen molar-refractivity contribution in [2.45, 2.75) is 13.8 Å². The predicted octanol–water partition coefficient (Wildman–Crippen LogP) is 3.45. The Balaban J connectivity index is 1.62. The summed E-state index contributed by atoms with van der Waals surface area (Å²) in [5.74, 6) is 0.836. The van der Waals surface area contributed by atoms with E-state index in [1.54, 1.807) is 36.9 Å². The van der Waals surface area contributed by atoms with Crippen LogP contribution in [0, 0.1) is 19.7 Å². The van der Waals surface area contributed by atoms with Gasteiger partial charge in [-0.25, -0.2) is 9.07 Å². The number of nitrogens with zero attached hydrogens (tertiary/aromatic N) is 2. The number of hydrogen-bond donors (Lipinski definition) is 1. The minimum Gasteiger partial charge on any atom is -0.497 e. The maximum atomic E-state index is 13.1. The number of aryl methyl sites for hydroxylation is 1. The monoisotopic (exact) mass is 383 g/mol. The molecule has 0 aliphatic carbocycles. The highest BCUT2D eigenvalue weighted by Gasteiger charge is 2.19. The SMILES string of the molecule is COc1cccc(OCCNC(=O)c2c(C)nn(-c3ccc(F)cc3)c2C)c1. The molecule has 1 aromatic heterocycles. The maximum absolute atomic E-state index is 13.1. The topological polar surface area (TPSA) is 65.4 Å². The number of carbonyl (C=O) groups excluding carboxylic acids is 1. The summed E-state index contributed by atoms with van der Waals surface area (Å²) < 4.78 is 25.6. The van der Waals surface area contributed by atoms with Crippen LogP contribution < -0.4 is 14.8 Å². The van der Waals surface area contributed by atoms with Gasteiger partial charge < -0.3 is 14.8 Å². The van der Waals surface area contributed by atoms with Gasteiger partial charge in [-0.3, -0.25) is 4.79 Å². The number of ether oxygens (including phenoxy) is 2. The Kier molecular flexibility index (Phi) is 5.93. The maximum Gasteiger partial charge on any atom is 0.255 e. The minimum atomic E-state index is -0.320. The highest BCUT2D eigenvalue weighted by atomic mass is 19.1. The van der Waals surface area contributed by atoms with E-state index in [0.717, 1.165) is 0 Å².